The highest BCUT2D eigenvalue weighted by Gasteiger charge is 2.24. The molecule has 110 valence electrons. The second-order valence-electron chi connectivity index (χ2n) is 4.90. The topological polar surface area (TPSA) is 38.3 Å². The van der Waals surface area contributed by atoms with E-state index in [1.54, 1.807) is 6.92 Å². The molecule has 1 heterocycles. The first-order chi connectivity index (χ1) is 9.49. The maximum Gasteiger partial charge on any atom is 0.223 e. The highest BCUT2D eigenvalue weighted by atomic mass is 35.5. The molecule has 0 spiro atoms. The maximum atomic E-state index is 13.5. The van der Waals surface area contributed by atoms with E-state index in [2.05, 4.69) is 5.32 Å². The van der Waals surface area contributed by atoms with Gasteiger partial charge in [0.25, 0.3) is 0 Å². The molecule has 0 bridgehead atoms. The summed E-state index contributed by atoms with van der Waals surface area (Å²) in [7, 11) is 0. The molecule has 1 amide bonds. The van der Waals surface area contributed by atoms with Crippen molar-refractivity contribution in [1.82, 2.24) is 5.32 Å². The molecule has 6 heteroatoms. The van der Waals surface area contributed by atoms with Gasteiger partial charge in [-0.05, 0) is 37.5 Å². The molecule has 1 aromatic rings. The second-order valence-corrected chi connectivity index (χ2v) is 5.72. The fourth-order valence-electron chi connectivity index (χ4n) is 2.24. The summed E-state index contributed by atoms with van der Waals surface area (Å²) in [5.74, 6) is -0.646. The number of ether oxygens (including phenoxy) is 1. The Hall–Kier alpha value is -0.840. The summed E-state index contributed by atoms with van der Waals surface area (Å²) in [5, 5.41) is 3.18. The van der Waals surface area contributed by atoms with Crippen molar-refractivity contribution in [1.29, 1.82) is 0 Å². The zero-order chi connectivity index (χ0) is 14.7. The molecular formula is C14H16Cl2FNO2. The predicted octanol–water partition coefficient (Wildman–Crippen LogP) is 3.74. The largest absolute Gasteiger partial charge is 0.381 e. The summed E-state index contributed by atoms with van der Waals surface area (Å²) in [6.45, 7) is 2.97. The normalized spacial score (nSPS) is 17.8. The Morgan fingerprint density at radius 3 is 2.65 bits per heavy atom. The predicted molar refractivity (Wildman–Crippen MR) is 76.5 cm³/mol. The van der Waals surface area contributed by atoms with Crippen LogP contribution in [0.3, 0.4) is 0 Å². The third-order valence-corrected chi connectivity index (χ3v) is 4.07. The van der Waals surface area contributed by atoms with Gasteiger partial charge in [0.2, 0.25) is 5.91 Å². The first-order valence-corrected chi connectivity index (χ1v) is 7.27. The third-order valence-electron chi connectivity index (χ3n) is 3.46. The lowest BCUT2D eigenvalue weighted by molar-refractivity contribution is -0.128. The average Bonchev–Trinajstić information content (AvgIpc) is 2.43. The van der Waals surface area contributed by atoms with Crippen molar-refractivity contribution >= 4 is 29.1 Å². The summed E-state index contributed by atoms with van der Waals surface area (Å²) < 4.78 is 18.7. The Balaban J connectivity index is 2.05. The van der Waals surface area contributed by atoms with E-state index in [0.29, 0.717) is 36.6 Å². The van der Waals surface area contributed by atoms with Gasteiger partial charge in [-0.1, -0.05) is 23.2 Å². The molecule has 0 aromatic heterocycles. The van der Waals surface area contributed by atoms with Crippen molar-refractivity contribution in [2.75, 3.05) is 13.2 Å². The summed E-state index contributed by atoms with van der Waals surface area (Å²) >= 11 is 11.7. The fraction of sp³-hybridized carbons (Fsp3) is 0.500. The van der Waals surface area contributed by atoms with Crippen molar-refractivity contribution in [2.45, 2.75) is 25.8 Å². The summed E-state index contributed by atoms with van der Waals surface area (Å²) in [5.41, 5.74) is 0.522. The van der Waals surface area contributed by atoms with E-state index in [1.165, 1.54) is 12.1 Å². The van der Waals surface area contributed by atoms with Gasteiger partial charge in [-0.15, -0.1) is 0 Å². The van der Waals surface area contributed by atoms with E-state index in [1.807, 2.05) is 0 Å². The van der Waals surface area contributed by atoms with Crippen LogP contribution in [-0.2, 0) is 9.53 Å². The zero-order valence-electron chi connectivity index (χ0n) is 11.1. The molecule has 3 nitrogen and oxygen atoms in total. The van der Waals surface area contributed by atoms with Gasteiger partial charge in [-0.2, -0.15) is 0 Å². The molecule has 1 aromatic carbocycles. The summed E-state index contributed by atoms with van der Waals surface area (Å²) in [6.07, 6.45) is 1.42. The SMILES string of the molecule is CC(NC(=O)C1CCOCC1)c1cc(F)c(Cl)cc1Cl. The molecule has 1 fully saturated rings. The van der Waals surface area contributed by atoms with E-state index in [0.717, 1.165) is 0 Å². The highest BCUT2D eigenvalue weighted by Crippen LogP contribution is 2.29. The molecule has 1 saturated heterocycles. The number of carbonyl (C=O) groups excluding carboxylic acids is 1. The molecule has 0 saturated carbocycles. The van der Waals surface area contributed by atoms with Gasteiger partial charge in [-0.25, -0.2) is 4.39 Å². The third kappa shape index (κ3) is 3.62. The van der Waals surface area contributed by atoms with Gasteiger partial charge in [0, 0.05) is 24.2 Å². The van der Waals surface area contributed by atoms with Crippen LogP contribution in [0.5, 0.6) is 0 Å². The molecule has 0 radical (unpaired) electrons. The van der Waals surface area contributed by atoms with Gasteiger partial charge in [0.1, 0.15) is 5.82 Å². The smallest absolute Gasteiger partial charge is 0.223 e. The van der Waals surface area contributed by atoms with Crippen LogP contribution < -0.4 is 5.32 Å². The first-order valence-electron chi connectivity index (χ1n) is 6.51. The van der Waals surface area contributed by atoms with Gasteiger partial charge < -0.3 is 10.1 Å². The molecule has 1 atom stereocenters. The summed E-state index contributed by atoms with van der Waals surface area (Å²) in [4.78, 5) is 12.1. The lowest BCUT2D eigenvalue weighted by Crippen LogP contribution is -2.35. The Bertz CT molecular complexity index is 504. The minimum atomic E-state index is -0.543. The van der Waals surface area contributed by atoms with Crippen molar-refractivity contribution in [2.24, 2.45) is 5.92 Å². The van der Waals surface area contributed by atoms with Crippen LogP contribution >= 0.6 is 23.2 Å². The Kier molecular flexibility index (Phi) is 5.24. The fourth-order valence-corrected chi connectivity index (χ4v) is 2.79. The van der Waals surface area contributed by atoms with Crippen molar-refractivity contribution < 1.29 is 13.9 Å². The van der Waals surface area contributed by atoms with Gasteiger partial charge in [0.05, 0.1) is 11.1 Å². The molecule has 2 rings (SSSR count). The van der Waals surface area contributed by atoms with Crippen molar-refractivity contribution in [3.05, 3.63) is 33.6 Å². The minimum absolute atomic E-state index is 0.0262. The maximum absolute atomic E-state index is 13.5. The van der Waals surface area contributed by atoms with Crippen LogP contribution in [0.25, 0.3) is 0 Å². The van der Waals surface area contributed by atoms with Gasteiger partial charge in [0.15, 0.2) is 0 Å². The van der Waals surface area contributed by atoms with Crippen LogP contribution in [0.4, 0.5) is 4.39 Å². The number of amides is 1. The van der Waals surface area contributed by atoms with Crippen LogP contribution in [0.2, 0.25) is 10.0 Å². The molecule has 1 aliphatic heterocycles. The quantitative estimate of drug-likeness (QED) is 0.862. The van der Waals surface area contributed by atoms with E-state index in [4.69, 9.17) is 27.9 Å². The number of rotatable bonds is 3. The number of halogens is 3. The van der Waals surface area contributed by atoms with Crippen LogP contribution in [0, 0.1) is 11.7 Å². The Labute approximate surface area is 127 Å². The van der Waals surface area contributed by atoms with Gasteiger partial charge in [-0.3, -0.25) is 4.79 Å². The van der Waals surface area contributed by atoms with Gasteiger partial charge >= 0.3 is 0 Å². The lowest BCUT2D eigenvalue weighted by Gasteiger charge is -2.24. The number of hydrogen-bond donors (Lipinski definition) is 1. The van der Waals surface area contributed by atoms with Crippen LogP contribution in [-0.4, -0.2) is 19.1 Å². The monoisotopic (exact) mass is 319 g/mol. The Morgan fingerprint density at radius 2 is 2.00 bits per heavy atom. The van der Waals surface area contributed by atoms with Crippen LogP contribution in [0.15, 0.2) is 12.1 Å². The molecule has 20 heavy (non-hydrogen) atoms. The number of hydrogen-bond acceptors (Lipinski definition) is 2. The van der Waals surface area contributed by atoms with Crippen LogP contribution in [0.1, 0.15) is 31.4 Å². The van der Waals surface area contributed by atoms with E-state index < -0.39 is 5.82 Å². The Morgan fingerprint density at radius 1 is 1.35 bits per heavy atom. The van der Waals surface area contributed by atoms with E-state index >= 15 is 0 Å². The van der Waals surface area contributed by atoms with Crippen molar-refractivity contribution in [3.63, 3.8) is 0 Å². The molecule has 0 aliphatic carbocycles. The highest BCUT2D eigenvalue weighted by molar-refractivity contribution is 6.35. The first kappa shape index (κ1) is 15.5. The molecular weight excluding hydrogens is 304 g/mol. The zero-order valence-corrected chi connectivity index (χ0v) is 12.6. The second kappa shape index (κ2) is 6.74. The van der Waals surface area contributed by atoms with E-state index in [-0.39, 0.29) is 22.9 Å². The van der Waals surface area contributed by atoms with Crippen molar-refractivity contribution in [3.8, 4) is 0 Å². The average molecular weight is 320 g/mol. The minimum Gasteiger partial charge on any atom is -0.381 e. The number of carbonyl (C=O) groups is 1. The molecule has 1 aliphatic rings. The molecule has 1 N–H and O–H groups in total. The number of nitrogens with one attached hydrogen (secondary N) is 1. The molecule has 1 unspecified atom stereocenters. The summed E-state index contributed by atoms with van der Waals surface area (Å²) in [6, 6.07) is 2.24. The standard InChI is InChI=1S/C14H16Cl2FNO2/c1-8(10-6-13(17)12(16)7-11(10)15)18-14(19)9-2-4-20-5-3-9/h6-9H,2-5H2,1H3,(H,18,19). The lowest BCUT2D eigenvalue weighted by atomic mass is 9.98. The number of benzene rings is 1. The van der Waals surface area contributed by atoms with E-state index in [9.17, 15) is 9.18 Å².